The van der Waals surface area contributed by atoms with Crippen LogP contribution in [0.4, 0.5) is 0 Å². The second-order valence-corrected chi connectivity index (χ2v) is 8.07. The fourth-order valence-electron chi connectivity index (χ4n) is 2.61. The fourth-order valence-corrected chi connectivity index (χ4v) is 2.77. The number of amides is 3. The molecular weight excluding hydrogens is 460 g/mol. The molecule has 0 fully saturated rings. The number of aliphatic hydroxyl groups excluding tert-OH is 1. The summed E-state index contributed by atoms with van der Waals surface area (Å²) < 4.78 is 0. The molecule has 0 rings (SSSR count). The number of hydrogen-bond donors (Lipinski definition) is 8. The standard InChI is InChI=1S/C19H32N4O9S/c1-4-8(2)14(20)17(30)21-10(5-6-12(25)26)16(29)23-15(9(3)24)18(31)22-11(19(32)33)7-13(27)28/h8-11,14-15,24H,4-7,20H2,1-3H3,(H,21,30)(H,22,31)(H,23,29)(H,25,26)(H,27,28)(H,32,33)/t8-,9+,10-,11-,14-,15-/m0/s1. The first-order valence-corrected chi connectivity index (χ1v) is 10.7. The van der Waals surface area contributed by atoms with Crippen molar-refractivity contribution in [3.8, 4) is 0 Å². The largest absolute Gasteiger partial charge is 0.481 e. The highest BCUT2D eigenvalue weighted by Crippen LogP contribution is 2.08. The summed E-state index contributed by atoms with van der Waals surface area (Å²) in [6.45, 7) is 4.69. The van der Waals surface area contributed by atoms with Crippen molar-refractivity contribution in [1.82, 2.24) is 16.0 Å². The van der Waals surface area contributed by atoms with E-state index in [0.717, 1.165) is 6.92 Å². The summed E-state index contributed by atoms with van der Waals surface area (Å²) in [5.41, 5.74) is 5.84. The van der Waals surface area contributed by atoms with Crippen LogP contribution in [-0.4, -0.2) is 80.4 Å². The van der Waals surface area contributed by atoms with Crippen LogP contribution in [0.3, 0.4) is 0 Å². The zero-order valence-corrected chi connectivity index (χ0v) is 19.5. The number of rotatable bonds is 15. The third kappa shape index (κ3) is 11.1. The third-order valence-electron chi connectivity index (χ3n) is 4.90. The Morgan fingerprint density at radius 1 is 0.879 bits per heavy atom. The van der Waals surface area contributed by atoms with Gasteiger partial charge >= 0.3 is 11.9 Å². The summed E-state index contributed by atoms with van der Waals surface area (Å²) in [5.74, 6) is -5.61. The van der Waals surface area contributed by atoms with E-state index in [2.05, 4.69) is 28.6 Å². The van der Waals surface area contributed by atoms with Crippen LogP contribution in [0.1, 0.15) is 46.5 Å². The number of carboxylic acid groups (broad SMARTS) is 2. The zero-order chi connectivity index (χ0) is 25.9. The molecule has 0 saturated carbocycles. The molecule has 0 saturated heterocycles. The van der Waals surface area contributed by atoms with Crippen molar-refractivity contribution in [2.75, 3.05) is 0 Å². The van der Waals surface area contributed by atoms with E-state index < -0.39 is 77.9 Å². The van der Waals surface area contributed by atoms with Crippen LogP contribution in [0.5, 0.6) is 0 Å². The molecule has 0 heterocycles. The van der Waals surface area contributed by atoms with Crippen molar-refractivity contribution < 1.29 is 44.1 Å². The number of aliphatic hydroxyl groups is 1. The first kappa shape index (κ1) is 30.3. The molecule has 6 atom stereocenters. The van der Waals surface area contributed by atoms with Crippen molar-refractivity contribution in [1.29, 1.82) is 0 Å². The highest BCUT2D eigenvalue weighted by Gasteiger charge is 2.33. The van der Waals surface area contributed by atoms with Gasteiger partial charge in [0.05, 0.1) is 18.6 Å². The third-order valence-corrected chi connectivity index (χ3v) is 5.21. The maximum Gasteiger partial charge on any atom is 0.305 e. The van der Waals surface area contributed by atoms with Gasteiger partial charge in [-0.05, 0) is 19.3 Å². The first-order chi connectivity index (χ1) is 15.2. The first-order valence-electron chi connectivity index (χ1n) is 10.2. The molecule has 0 aliphatic heterocycles. The monoisotopic (exact) mass is 492 g/mol. The van der Waals surface area contributed by atoms with Gasteiger partial charge in [-0.2, -0.15) is 0 Å². The van der Waals surface area contributed by atoms with Gasteiger partial charge < -0.3 is 37.0 Å². The molecule has 8 N–H and O–H groups in total. The number of nitrogens with two attached hydrogens (primary N) is 1. The number of thiol groups is 1. The Morgan fingerprint density at radius 3 is 1.85 bits per heavy atom. The highest BCUT2D eigenvalue weighted by atomic mass is 32.1. The van der Waals surface area contributed by atoms with E-state index in [9.17, 15) is 33.9 Å². The van der Waals surface area contributed by atoms with Crippen LogP contribution in [0.2, 0.25) is 0 Å². The van der Waals surface area contributed by atoms with Gasteiger partial charge in [0.25, 0.3) is 0 Å². The second kappa shape index (κ2) is 14.4. The maximum atomic E-state index is 12.7. The molecule has 0 aromatic heterocycles. The molecule has 0 spiro atoms. The molecule has 0 unspecified atom stereocenters. The van der Waals surface area contributed by atoms with Gasteiger partial charge in [0, 0.05) is 6.42 Å². The molecule has 188 valence electrons. The van der Waals surface area contributed by atoms with Gasteiger partial charge in [-0.25, -0.2) is 0 Å². The smallest absolute Gasteiger partial charge is 0.305 e. The second-order valence-electron chi connectivity index (χ2n) is 7.63. The molecular formula is C19H32N4O9S. The van der Waals surface area contributed by atoms with Crippen molar-refractivity contribution in [3.05, 3.63) is 0 Å². The number of hydrogen-bond acceptors (Lipinski definition) is 8. The van der Waals surface area contributed by atoms with Crippen LogP contribution in [-0.2, 0) is 28.8 Å². The molecule has 14 heteroatoms. The van der Waals surface area contributed by atoms with E-state index in [-0.39, 0.29) is 12.3 Å². The number of nitrogens with one attached hydrogen (secondary N) is 3. The molecule has 0 aliphatic carbocycles. The van der Waals surface area contributed by atoms with Crippen molar-refractivity contribution in [2.45, 2.75) is 76.7 Å². The minimum atomic E-state index is -1.64. The molecule has 0 aliphatic rings. The van der Waals surface area contributed by atoms with E-state index in [1.807, 2.05) is 6.92 Å². The van der Waals surface area contributed by atoms with E-state index in [1.54, 1.807) is 6.92 Å². The Morgan fingerprint density at radius 2 is 1.42 bits per heavy atom. The quantitative estimate of drug-likeness (QED) is 0.117. The lowest BCUT2D eigenvalue weighted by Crippen LogP contribution is -2.60. The summed E-state index contributed by atoms with van der Waals surface area (Å²) in [7, 11) is 0. The predicted octanol–water partition coefficient (Wildman–Crippen LogP) is -2.01. The lowest BCUT2D eigenvalue weighted by atomic mass is 9.98. The van der Waals surface area contributed by atoms with Gasteiger partial charge in [-0.15, -0.1) is 12.6 Å². The maximum absolute atomic E-state index is 12.7. The summed E-state index contributed by atoms with van der Waals surface area (Å²) in [6.07, 6.45) is -2.51. The number of aliphatic carboxylic acids is 2. The Hall–Kier alpha value is -2.71. The van der Waals surface area contributed by atoms with E-state index >= 15 is 0 Å². The van der Waals surface area contributed by atoms with Gasteiger partial charge in [-0.3, -0.25) is 28.8 Å². The lowest BCUT2D eigenvalue weighted by Gasteiger charge is -2.27. The number of carbonyl (C=O) groups excluding carboxylic acids is 4. The van der Waals surface area contributed by atoms with Crippen LogP contribution in [0.15, 0.2) is 0 Å². The van der Waals surface area contributed by atoms with Crippen LogP contribution in [0, 0.1) is 5.92 Å². The SMILES string of the molecule is CC[C@H](C)[C@H](N)C(=O)N[C@@H](CCC(=O)O)C(=O)N[C@H](C(=O)N[C@@H](CC(=O)O)C(=O)S)[C@@H](C)O. The van der Waals surface area contributed by atoms with E-state index in [4.69, 9.17) is 15.9 Å². The van der Waals surface area contributed by atoms with Gasteiger partial charge in [-0.1, -0.05) is 20.3 Å². The van der Waals surface area contributed by atoms with Crippen molar-refractivity contribution >= 4 is 47.4 Å². The highest BCUT2D eigenvalue weighted by molar-refractivity contribution is 7.96. The minimum Gasteiger partial charge on any atom is -0.481 e. The molecule has 13 nitrogen and oxygen atoms in total. The molecule has 33 heavy (non-hydrogen) atoms. The molecule has 0 aromatic carbocycles. The summed E-state index contributed by atoms with van der Waals surface area (Å²) in [5, 5.41) is 33.4. The topological polar surface area (TPSA) is 225 Å². The van der Waals surface area contributed by atoms with E-state index in [1.165, 1.54) is 0 Å². The summed E-state index contributed by atoms with van der Waals surface area (Å²) in [6, 6.07) is -5.52. The Kier molecular flexibility index (Phi) is 13.3. The summed E-state index contributed by atoms with van der Waals surface area (Å²) >= 11 is 3.51. The molecule has 0 bridgehead atoms. The predicted molar refractivity (Wildman–Crippen MR) is 118 cm³/mol. The van der Waals surface area contributed by atoms with Gasteiger partial charge in [0.1, 0.15) is 18.1 Å². The summed E-state index contributed by atoms with van der Waals surface area (Å²) in [4.78, 5) is 70.9. The van der Waals surface area contributed by atoms with Crippen molar-refractivity contribution in [3.63, 3.8) is 0 Å². The fraction of sp³-hybridized carbons (Fsp3) is 0.684. The minimum absolute atomic E-state index is 0.228. The normalized spacial score (nSPS) is 16.3. The van der Waals surface area contributed by atoms with Gasteiger partial charge in [0.15, 0.2) is 0 Å². The Bertz CT molecular complexity index is 747. The number of carbonyl (C=O) groups is 6. The zero-order valence-electron chi connectivity index (χ0n) is 18.6. The average Bonchev–Trinajstić information content (AvgIpc) is 2.71. The van der Waals surface area contributed by atoms with Crippen LogP contribution >= 0.6 is 12.6 Å². The Labute approximate surface area is 196 Å². The number of carboxylic acids is 2. The van der Waals surface area contributed by atoms with E-state index in [0.29, 0.717) is 6.42 Å². The van der Waals surface area contributed by atoms with Gasteiger partial charge in [0.2, 0.25) is 22.8 Å². The molecule has 0 aromatic rings. The Balaban J connectivity index is 5.54. The molecule has 0 radical (unpaired) electrons. The van der Waals surface area contributed by atoms with Crippen LogP contribution in [0.25, 0.3) is 0 Å². The molecule has 3 amide bonds. The van der Waals surface area contributed by atoms with Crippen LogP contribution < -0.4 is 21.7 Å². The lowest BCUT2D eigenvalue weighted by molar-refractivity contribution is -0.140. The average molecular weight is 493 g/mol. The van der Waals surface area contributed by atoms with Crippen molar-refractivity contribution in [2.24, 2.45) is 11.7 Å².